The fourth-order valence-corrected chi connectivity index (χ4v) is 7.84. The molecule has 2 saturated carbocycles. The molecule has 3 heteroatoms. The molecule has 170 valence electrons. The van der Waals surface area contributed by atoms with Crippen LogP contribution in [0.1, 0.15) is 112 Å². The molecule has 0 amide bonds. The van der Waals surface area contributed by atoms with Gasteiger partial charge in [0.2, 0.25) is 0 Å². The Hall–Kier alpha value is -1.04. The van der Waals surface area contributed by atoms with Crippen molar-refractivity contribution in [1.82, 2.24) is 0 Å². The molecule has 0 bridgehead atoms. The van der Waals surface area contributed by atoms with E-state index in [-0.39, 0.29) is 11.6 Å². The molecule has 3 fully saturated rings. The Kier molecular flexibility index (Phi) is 7.57. The van der Waals surface area contributed by atoms with E-state index in [0.717, 1.165) is 37.0 Å². The molecule has 0 aromatic rings. The second-order valence-corrected chi connectivity index (χ2v) is 11.8. The molecule has 7 atom stereocenters. The maximum atomic E-state index is 12.7. The first-order chi connectivity index (χ1) is 14.2. The van der Waals surface area contributed by atoms with E-state index in [1.807, 2.05) is 0 Å². The Balaban J connectivity index is 1.69. The predicted octanol–water partition coefficient (Wildman–Crippen LogP) is 7.30. The van der Waals surface area contributed by atoms with Gasteiger partial charge < -0.3 is 4.74 Å². The molecule has 2 unspecified atom stereocenters. The Morgan fingerprint density at radius 2 is 1.83 bits per heavy atom. The monoisotopic (exact) mass is 415 g/mol. The van der Waals surface area contributed by atoms with E-state index >= 15 is 0 Å². The molecule has 3 rings (SSSR count). The Bertz CT molecular complexity index is 637. The van der Waals surface area contributed by atoms with Crippen molar-refractivity contribution in [3.05, 3.63) is 0 Å². The third kappa shape index (κ3) is 4.73. The normalized spacial score (nSPS) is 39.2. The van der Waals surface area contributed by atoms with Crippen molar-refractivity contribution in [3.8, 4) is 6.07 Å². The number of rotatable bonds is 9. The van der Waals surface area contributed by atoms with Crippen molar-refractivity contribution in [2.45, 2.75) is 117 Å². The average Bonchev–Trinajstić information content (AvgIpc) is 3.02. The van der Waals surface area contributed by atoms with Crippen LogP contribution in [0.15, 0.2) is 0 Å². The summed E-state index contributed by atoms with van der Waals surface area (Å²) in [6, 6.07) is 2.25. The summed E-state index contributed by atoms with van der Waals surface area (Å²) in [6.45, 7) is 11.9. The van der Waals surface area contributed by atoms with Gasteiger partial charge in [-0.1, -0.05) is 47.0 Å². The van der Waals surface area contributed by atoms with Gasteiger partial charge in [0.25, 0.3) is 0 Å². The lowest BCUT2D eigenvalue weighted by molar-refractivity contribution is -0.196. The summed E-state index contributed by atoms with van der Waals surface area (Å²) in [5.41, 5.74) is 0.0789. The van der Waals surface area contributed by atoms with Gasteiger partial charge >= 0.3 is 5.97 Å². The zero-order valence-electron chi connectivity index (χ0n) is 20.2. The van der Waals surface area contributed by atoms with E-state index in [1.165, 1.54) is 44.9 Å². The van der Waals surface area contributed by atoms with Crippen LogP contribution in [0, 0.1) is 52.3 Å². The van der Waals surface area contributed by atoms with Crippen LogP contribution in [0.3, 0.4) is 0 Å². The molecule has 0 aromatic carbocycles. The van der Waals surface area contributed by atoms with Crippen molar-refractivity contribution >= 4 is 5.97 Å². The van der Waals surface area contributed by atoms with E-state index in [1.54, 1.807) is 0 Å². The fraction of sp³-hybridized carbons (Fsp3) is 0.926. The Morgan fingerprint density at radius 1 is 1.07 bits per heavy atom. The molecule has 0 spiro atoms. The molecule has 2 aliphatic carbocycles. The molecule has 3 aliphatic rings. The van der Waals surface area contributed by atoms with E-state index in [4.69, 9.17) is 10.00 Å². The molecule has 1 aliphatic heterocycles. The highest BCUT2D eigenvalue weighted by molar-refractivity contribution is 5.71. The second kappa shape index (κ2) is 9.62. The lowest BCUT2D eigenvalue weighted by Gasteiger charge is -2.56. The van der Waals surface area contributed by atoms with E-state index < -0.39 is 0 Å². The summed E-state index contributed by atoms with van der Waals surface area (Å²) in [5.74, 6) is 4.12. The van der Waals surface area contributed by atoms with Gasteiger partial charge in [0, 0.05) is 18.8 Å². The van der Waals surface area contributed by atoms with Gasteiger partial charge in [-0.2, -0.15) is 5.26 Å². The van der Waals surface area contributed by atoms with Crippen LogP contribution in [0.5, 0.6) is 0 Å². The quantitative estimate of drug-likeness (QED) is 0.293. The number of fused-ring (bicyclic) bond motifs is 3. The number of cyclic esters (lactones) is 1. The highest BCUT2D eigenvalue weighted by atomic mass is 16.6. The minimum Gasteiger partial charge on any atom is -0.459 e. The topological polar surface area (TPSA) is 50.1 Å². The van der Waals surface area contributed by atoms with Gasteiger partial charge in [0.05, 0.1) is 6.07 Å². The van der Waals surface area contributed by atoms with Crippen LogP contribution >= 0.6 is 0 Å². The fourth-order valence-electron chi connectivity index (χ4n) is 7.84. The smallest absolute Gasteiger partial charge is 0.306 e. The van der Waals surface area contributed by atoms with Crippen LogP contribution in [0.4, 0.5) is 0 Å². The SMILES string of the molecule is CC(C)CCCC(C)[C@H]1CCC2[C@@H]3CC(=O)O[C@@](C)(CCCCC#N)[C@H]3CC[C@@]21C. The van der Waals surface area contributed by atoms with Crippen LogP contribution in [-0.4, -0.2) is 11.6 Å². The number of nitriles is 1. The first-order valence-corrected chi connectivity index (χ1v) is 12.8. The number of ether oxygens (including phenoxy) is 1. The largest absolute Gasteiger partial charge is 0.459 e. The summed E-state index contributed by atoms with van der Waals surface area (Å²) < 4.78 is 6.03. The van der Waals surface area contributed by atoms with Gasteiger partial charge in [0.15, 0.2) is 0 Å². The number of hydrogen-bond donors (Lipinski definition) is 0. The number of carbonyl (C=O) groups is 1. The van der Waals surface area contributed by atoms with E-state index in [9.17, 15) is 4.79 Å². The minimum atomic E-state index is -0.322. The second-order valence-electron chi connectivity index (χ2n) is 11.8. The van der Waals surface area contributed by atoms with Crippen molar-refractivity contribution in [3.63, 3.8) is 0 Å². The lowest BCUT2D eigenvalue weighted by Crippen LogP contribution is -2.55. The summed E-state index contributed by atoms with van der Waals surface area (Å²) in [4.78, 5) is 12.7. The van der Waals surface area contributed by atoms with Crippen LogP contribution < -0.4 is 0 Å². The number of hydrogen-bond acceptors (Lipinski definition) is 3. The van der Waals surface area contributed by atoms with E-state index in [0.29, 0.717) is 36.0 Å². The summed E-state index contributed by atoms with van der Waals surface area (Å²) in [7, 11) is 0. The third-order valence-electron chi connectivity index (χ3n) is 9.38. The zero-order valence-corrected chi connectivity index (χ0v) is 20.2. The van der Waals surface area contributed by atoms with Gasteiger partial charge in [0.1, 0.15) is 5.60 Å². The van der Waals surface area contributed by atoms with Crippen molar-refractivity contribution in [1.29, 1.82) is 5.26 Å². The number of unbranched alkanes of at least 4 members (excludes halogenated alkanes) is 2. The minimum absolute atomic E-state index is 0.0247. The van der Waals surface area contributed by atoms with Gasteiger partial charge in [-0.15, -0.1) is 0 Å². The van der Waals surface area contributed by atoms with Crippen LogP contribution in [0.25, 0.3) is 0 Å². The Morgan fingerprint density at radius 3 is 2.53 bits per heavy atom. The standard InChI is InChI=1S/C27H45NO2/c1-19(2)10-9-11-20(3)22-12-13-23-21-18-25(29)30-27(5,15-7-6-8-17-28)24(21)14-16-26(22,23)4/h19-24H,6-16,18H2,1-5H3/t20?,21-,22+,23?,24-,26+,27-/m0/s1. The highest BCUT2D eigenvalue weighted by Crippen LogP contribution is 2.64. The van der Waals surface area contributed by atoms with Gasteiger partial charge in [-0.25, -0.2) is 0 Å². The Labute approximate surface area is 185 Å². The zero-order chi connectivity index (χ0) is 21.9. The summed E-state index contributed by atoms with van der Waals surface area (Å²) in [6.07, 6.45) is 13.3. The molecule has 3 nitrogen and oxygen atoms in total. The van der Waals surface area contributed by atoms with Crippen molar-refractivity contribution in [2.24, 2.45) is 40.9 Å². The first kappa shape index (κ1) is 23.6. The maximum Gasteiger partial charge on any atom is 0.306 e. The summed E-state index contributed by atoms with van der Waals surface area (Å²) >= 11 is 0. The van der Waals surface area contributed by atoms with Gasteiger partial charge in [-0.3, -0.25) is 4.79 Å². The van der Waals surface area contributed by atoms with Crippen LogP contribution in [-0.2, 0) is 9.53 Å². The molecule has 0 N–H and O–H groups in total. The van der Waals surface area contributed by atoms with E-state index in [2.05, 4.69) is 40.7 Å². The molecule has 1 saturated heterocycles. The third-order valence-corrected chi connectivity index (χ3v) is 9.38. The van der Waals surface area contributed by atoms with Crippen LogP contribution in [0.2, 0.25) is 0 Å². The molecule has 1 heterocycles. The maximum absolute atomic E-state index is 12.7. The lowest BCUT2D eigenvalue weighted by atomic mass is 9.52. The highest BCUT2D eigenvalue weighted by Gasteiger charge is 2.60. The molecule has 0 aromatic heterocycles. The molecule has 30 heavy (non-hydrogen) atoms. The van der Waals surface area contributed by atoms with Gasteiger partial charge in [-0.05, 0) is 86.9 Å². The number of carbonyl (C=O) groups excluding carboxylic acids is 1. The number of esters is 1. The molecular formula is C27H45NO2. The van der Waals surface area contributed by atoms with Crippen molar-refractivity contribution < 1.29 is 9.53 Å². The molecule has 0 radical (unpaired) electrons. The summed E-state index contributed by atoms with van der Waals surface area (Å²) in [5, 5.41) is 8.84. The number of nitrogens with zero attached hydrogens (tertiary/aromatic N) is 1. The van der Waals surface area contributed by atoms with Crippen molar-refractivity contribution in [2.75, 3.05) is 0 Å². The predicted molar refractivity (Wildman–Crippen MR) is 122 cm³/mol. The molecular weight excluding hydrogens is 370 g/mol. The first-order valence-electron chi connectivity index (χ1n) is 12.8. The average molecular weight is 416 g/mol.